The van der Waals surface area contributed by atoms with Gasteiger partial charge in [0, 0.05) is 0 Å². The lowest BCUT2D eigenvalue weighted by Crippen LogP contribution is -2.15. The van der Waals surface area contributed by atoms with E-state index in [-0.39, 0.29) is 5.91 Å². The number of carbonyl (C=O) groups is 1. The molecule has 19 heavy (non-hydrogen) atoms. The molecular formula is C15H13Cl2NO. The molecule has 0 heterocycles. The number of nitrogens with one attached hydrogen (secondary N) is 1. The largest absolute Gasteiger partial charge is 0.323 e. The highest BCUT2D eigenvalue weighted by Gasteiger charge is 2.10. The second-order valence-corrected chi connectivity index (χ2v) is 5.06. The van der Waals surface area contributed by atoms with Crippen LogP contribution in [-0.4, -0.2) is 5.91 Å². The van der Waals surface area contributed by atoms with Crippen molar-refractivity contribution in [2.24, 2.45) is 0 Å². The molecule has 1 amide bonds. The molecule has 2 aromatic carbocycles. The number of para-hydroxylation sites is 1. The molecule has 2 aromatic rings. The molecule has 0 saturated carbocycles. The summed E-state index contributed by atoms with van der Waals surface area (Å²) >= 11 is 12.0. The molecule has 0 aliphatic carbocycles. The minimum atomic E-state index is -0.135. The highest BCUT2D eigenvalue weighted by molar-refractivity contribution is 6.39. The summed E-state index contributed by atoms with van der Waals surface area (Å²) in [5.41, 5.74) is 2.54. The third kappa shape index (κ3) is 3.49. The van der Waals surface area contributed by atoms with Crippen LogP contribution in [0.4, 0.5) is 5.69 Å². The van der Waals surface area contributed by atoms with Crippen molar-refractivity contribution < 1.29 is 4.79 Å². The van der Waals surface area contributed by atoms with E-state index in [1.54, 1.807) is 18.2 Å². The van der Waals surface area contributed by atoms with E-state index in [1.807, 2.05) is 31.2 Å². The normalized spacial score (nSPS) is 10.3. The summed E-state index contributed by atoms with van der Waals surface area (Å²) < 4.78 is 0. The molecule has 0 radical (unpaired) electrons. The van der Waals surface area contributed by atoms with Gasteiger partial charge in [-0.3, -0.25) is 4.79 Å². The fourth-order valence-electron chi connectivity index (χ4n) is 1.78. The zero-order valence-electron chi connectivity index (χ0n) is 10.4. The summed E-state index contributed by atoms with van der Waals surface area (Å²) in [5, 5.41) is 3.62. The van der Waals surface area contributed by atoms with Gasteiger partial charge in [-0.25, -0.2) is 0 Å². The second-order valence-electron chi connectivity index (χ2n) is 4.25. The minimum absolute atomic E-state index is 0.135. The van der Waals surface area contributed by atoms with Gasteiger partial charge in [0.25, 0.3) is 0 Å². The van der Waals surface area contributed by atoms with Gasteiger partial charge < -0.3 is 5.32 Å². The van der Waals surface area contributed by atoms with Gasteiger partial charge in [-0.1, -0.05) is 53.5 Å². The quantitative estimate of drug-likeness (QED) is 0.888. The van der Waals surface area contributed by atoms with E-state index in [4.69, 9.17) is 23.2 Å². The smallest absolute Gasteiger partial charge is 0.228 e. The first-order chi connectivity index (χ1) is 9.08. The third-order valence-corrected chi connectivity index (χ3v) is 3.47. The highest BCUT2D eigenvalue weighted by atomic mass is 35.5. The van der Waals surface area contributed by atoms with Crippen LogP contribution in [0.25, 0.3) is 0 Å². The number of amides is 1. The van der Waals surface area contributed by atoms with E-state index in [1.165, 1.54) is 0 Å². The Morgan fingerprint density at radius 3 is 2.32 bits per heavy atom. The van der Waals surface area contributed by atoms with Crippen molar-refractivity contribution in [3.05, 3.63) is 63.6 Å². The summed E-state index contributed by atoms with van der Waals surface area (Å²) in [6, 6.07) is 12.9. The Bertz CT molecular complexity index is 591. The number of halogens is 2. The molecular weight excluding hydrogens is 281 g/mol. The summed E-state index contributed by atoms with van der Waals surface area (Å²) in [7, 11) is 0. The predicted octanol–water partition coefficient (Wildman–Crippen LogP) is 4.48. The maximum absolute atomic E-state index is 12.0. The topological polar surface area (TPSA) is 29.1 Å². The molecule has 0 aliphatic rings. The lowest BCUT2D eigenvalue weighted by Gasteiger charge is -2.10. The van der Waals surface area contributed by atoms with Crippen LogP contribution in [0.3, 0.4) is 0 Å². The molecule has 98 valence electrons. The van der Waals surface area contributed by atoms with Crippen LogP contribution in [-0.2, 0) is 11.2 Å². The Hall–Kier alpha value is -1.51. The van der Waals surface area contributed by atoms with E-state index in [0.717, 1.165) is 11.1 Å². The van der Waals surface area contributed by atoms with E-state index in [9.17, 15) is 4.79 Å². The van der Waals surface area contributed by atoms with Crippen LogP contribution in [0, 0.1) is 6.92 Å². The van der Waals surface area contributed by atoms with Crippen LogP contribution in [0.15, 0.2) is 42.5 Å². The molecule has 2 nitrogen and oxygen atoms in total. The number of anilines is 1. The van der Waals surface area contributed by atoms with Crippen LogP contribution >= 0.6 is 23.2 Å². The molecule has 0 atom stereocenters. The summed E-state index contributed by atoms with van der Waals surface area (Å²) in [5.74, 6) is -0.135. The van der Waals surface area contributed by atoms with Crippen LogP contribution in [0.1, 0.15) is 11.1 Å². The lowest BCUT2D eigenvalue weighted by molar-refractivity contribution is -0.115. The Kier molecular flexibility index (Phi) is 4.46. The van der Waals surface area contributed by atoms with Crippen molar-refractivity contribution in [1.29, 1.82) is 0 Å². The van der Waals surface area contributed by atoms with Crippen molar-refractivity contribution in [2.75, 3.05) is 5.32 Å². The molecule has 0 unspecified atom stereocenters. The first kappa shape index (κ1) is 13.9. The first-order valence-corrected chi connectivity index (χ1v) is 6.62. The monoisotopic (exact) mass is 293 g/mol. The molecule has 0 aliphatic heterocycles. The van der Waals surface area contributed by atoms with Crippen LogP contribution < -0.4 is 5.32 Å². The molecule has 0 spiro atoms. The number of benzene rings is 2. The van der Waals surface area contributed by atoms with Crippen molar-refractivity contribution in [3.8, 4) is 0 Å². The zero-order valence-corrected chi connectivity index (χ0v) is 11.9. The van der Waals surface area contributed by atoms with Crippen LogP contribution in [0.2, 0.25) is 10.0 Å². The number of hydrogen-bond donors (Lipinski definition) is 1. The van der Waals surface area contributed by atoms with Gasteiger partial charge in [-0.15, -0.1) is 0 Å². The average molecular weight is 294 g/mol. The van der Waals surface area contributed by atoms with Gasteiger partial charge in [0.2, 0.25) is 5.91 Å². The zero-order chi connectivity index (χ0) is 13.8. The lowest BCUT2D eigenvalue weighted by atomic mass is 10.1. The van der Waals surface area contributed by atoms with E-state index < -0.39 is 0 Å². The SMILES string of the molecule is Cc1ccccc1CC(=O)Nc1c(Cl)cccc1Cl. The van der Waals surface area contributed by atoms with Gasteiger partial charge >= 0.3 is 0 Å². The average Bonchev–Trinajstić information content (AvgIpc) is 2.37. The summed E-state index contributed by atoms with van der Waals surface area (Å²) in [6.07, 6.45) is 0.300. The maximum Gasteiger partial charge on any atom is 0.228 e. The van der Waals surface area contributed by atoms with Gasteiger partial charge in [0.1, 0.15) is 0 Å². The van der Waals surface area contributed by atoms with Gasteiger partial charge in [0.15, 0.2) is 0 Å². The van der Waals surface area contributed by atoms with Gasteiger partial charge in [-0.2, -0.15) is 0 Å². The second kappa shape index (κ2) is 6.09. The Morgan fingerprint density at radius 1 is 1.05 bits per heavy atom. The molecule has 0 saturated heterocycles. The molecule has 0 aromatic heterocycles. The summed E-state index contributed by atoms with van der Waals surface area (Å²) in [4.78, 5) is 12.0. The van der Waals surface area contributed by atoms with Crippen molar-refractivity contribution in [2.45, 2.75) is 13.3 Å². The Labute approximate surface area is 122 Å². The number of carbonyl (C=O) groups excluding carboxylic acids is 1. The van der Waals surface area contributed by atoms with Crippen molar-refractivity contribution >= 4 is 34.8 Å². The van der Waals surface area contributed by atoms with Crippen molar-refractivity contribution in [3.63, 3.8) is 0 Å². The molecule has 4 heteroatoms. The Balaban J connectivity index is 2.12. The fourth-order valence-corrected chi connectivity index (χ4v) is 2.27. The molecule has 1 N–H and O–H groups in total. The van der Waals surface area contributed by atoms with Gasteiger partial charge in [0.05, 0.1) is 22.2 Å². The van der Waals surface area contributed by atoms with Crippen LogP contribution in [0.5, 0.6) is 0 Å². The molecule has 0 bridgehead atoms. The molecule has 2 rings (SSSR count). The standard InChI is InChI=1S/C15H13Cl2NO/c1-10-5-2-3-6-11(10)9-14(19)18-15-12(16)7-4-8-13(15)17/h2-8H,9H2,1H3,(H,18,19). The van der Waals surface area contributed by atoms with E-state index in [2.05, 4.69) is 5.32 Å². The number of hydrogen-bond acceptors (Lipinski definition) is 1. The Morgan fingerprint density at radius 2 is 1.68 bits per heavy atom. The summed E-state index contributed by atoms with van der Waals surface area (Å²) in [6.45, 7) is 1.98. The molecule has 0 fully saturated rings. The number of rotatable bonds is 3. The van der Waals surface area contributed by atoms with Gasteiger partial charge in [-0.05, 0) is 30.2 Å². The maximum atomic E-state index is 12.0. The van der Waals surface area contributed by atoms with Crippen molar-refractivity contribution in [1.82, 2.24) is 0 Å². The fraction of sp³-hybridized carbons (Fsp3) is 0.133. The van der Waals surface area contributed by atoms with E-state index in [0.29, 0.717) is 22.2 Å². The predicted molar refractivity (Wildman–Crippen MR) is 80.0 cm³/mol. The highest BCUT2D eigenvalue weighted by Crippen LogP contribution is 2.29. The number of aryl methyl sites for hydroxylation is 1. The third-order valence-electron chi connectivity index (χ3n) is 2.84. The minimum Gasteiger partial charge on any atom is -0.323 e. The first-order valence-electron chi connectivity index (χ1n) is 5.86. The van der Waals surface area contributed by atoms with E-state index >= 15 is 0 Å².